The van der Waals surface area contributed by atoms with Crippen molar-refractivity contribution >= 4 is 18.2 Å². The number of amides is 1. The highest BCUT2D eigenvalue weighted by Crippen LogP contribution is 2.05. The normalized spacial score (nSPS) is 11.4. The lowest BCUT2D eigenvalue weighted by Crippen LogP contribution is -2.23. The monoisotopic (exact) mass is 175 g/mol. The molecule has 0 aromatic rings. The number of allylic oxidation sites excluding steroid dienone is 1. The van der Waals surface area contributed by atoms with Gasteiger partial charge < -0.3 is 10.0 Å². The first-order valence-corrected chi connectivity index (χ1v) is 4.57. The molecule has 0 heterocycles. The van der Waals surface area contributed by atoms with E-state index in [0.717, 1.165) is 12.1 Å². The van der Waals surface area contributed by atoms with E-state index in [0.29, 0.717) is 6.54 Å². The molecule has 0 radical (unpaired) electrons. The number of rotatable bonds is 5. The molecule has 64 valence electrons. The van der Waals surface area contributed by atoms with E-state index in [9.17, 15) is 4.79 Å². The number of thioether (sulfide) groups is 1. The van der Waals surface area contributed by atoms with E-state index in [1.165, 1.54) is 16.7 Å². The zero-order valence-electron chi connectivity index (χ0n) is 6.78. The Morgan fingerprint density at radius 2 is 2.36 bits per heavy atom. The summed E-state index contributed by atoms with van der Waals surface area (Å²) in [4.78, 5) is 11.8. The van der Waals surface area contributed by atoms with E-state index in [1.807, 2.05) is 18.6 Å². The van der Waals surface area contributed by atoms with Crippen LogP contribution in [0, 0.1) is 0 Å². The zero-order valence-corrected chi connectivity index (χ0v) is 7.60. The van der Waals surface area contributed by atoms with Crippen molar-refractivity contribution in [3.8, 4) is 0 Å². The first-order valence-electron chi connectivity index (χ1n) is 3.28. The smallest absolute Gasteiger partial charge is 0.213 e. The summed E-state index contributed by atoms with van der Waals surface area (Å²) < 4.78 is 0. The second kappa shape index (κ2) is 6.24. The van der Waals surface area contributed by atoms with Gasteiger partial charge in [0, 0.05) is 12.2 Å². The quantitative estimate of drug-likeness (QED) is 0.624. The maximum atomic E-state index is 10.4. The molecule has 0 spiro atoms. The lowest BCUT2D eigenvalue weighted by molar-refractivity contribution is -0.116. The number of hydrogen-bond acceptors (Lipinski definition) is 3. The third-order valence-electron chi connectivity index (χ3n) is 1.21. The molecule has 3 nitrogen and oxygen atoms in total. The van der Waals surface area contributed by atoms with Gasteiger partial charge in [-0.25, -0.2) is 0 Å². The summed E-state index contributed by atoms with van der Waals surface area (Å²) in [7, 11) is 0. The standard InChI is InChI=1S/C7H13NO2S/c1-7(5-11-2)8(6-10)3-4-9/h5-6,9H,3-4H2,1-2H3/b7-5+. The van der Waals surface area contributed by atoms with Crippen LogP contribution < -0.4 is 0 Å². The van der Waals surface area contributed by atoms with Crippen molar-refractivity contribution in [3.63, 3.8) is 0 Å². The van der Waals surface area contributed by atoms with Gasteiger partial charge in [0.2, 0.25) is 6.41 Å². The Balaban J connectivity index is 4.01. The minimum absolute atomic E-state index is 0.00169. The van der Waals surface area contributed by atoms with Gasteiger partial charge in [0.25, 0.3) is 0 Å². The summed E-state index contributed by atoms with van der Waals surface area (Å²) in [5.41, 5.74) is 0.863. The second-order valence-corrected chi connectivity index (χ2v) is 2.72. The van der Waals surface area contributed by atoms with Crippen molar-refractivity contribution in [2.24, 2.45) is 0 Å². The number of hydrogen-bond donors (Lipinski definition) is 1. The SMILES string of the molecule is CS/C=C(\C)N(C=O)CCO. The van der Waals surface area contributed by atoms with Crippen molar-refractivity contribution in [2.75, 3.05) is 19.4 Å². The van der Waals surface area contributed by atoms with Crippen LogP contribution in [0.1, 0.15) is 6.92 Å². The molecule has 0 unspecified atom stereocenters. The summed E-state index contributed by atoms with van der Waals surface area (Å²) in [5.74, 6) is 0. The van der Waals surface area contributed by atoms with Crippen LogP contribution >= 0.6 is 11.8 Å². The highest BCUT2D eigenvalue weighted by atomic mass is 32.2. The van der Waals surface area contributed by atoms with Crippen LogP contribution in [0.15, 0.2) is 11.1 Å². The molecule has 0 aromatic heterocycles. The van der Waals surface area contributed by atoms with Crippen LogP contribution in [-0.4, -0.2) is 35.8 Å². The topological polar surface area (TPSA) is 40.5 Å². The fourth-order valence-electron chi connectivity index (χ4n) is 0.658. The van der Waals surface area contributed by atoms with Gasteiger partial charge in [-0.2, -0.15) is 0 Å². The van der Waals surface area contributed by atoms with Gasteiger partial charge in [-0.05, 0) is 18.6 Å². The second-order valence-electron chi connectivity index (χ2n) is 2.02. The van der Waals surface area contributed by atoms with Crippen LogP contribution in [-0.2, 0) is 4.79 Å². The summed E-state index contributed by atoms with van der Waals surface area (Å²) >= 11 is 1.54. The molecule has 0 rings (SSSR count). The van der Waals surface area contributed by atoms with Crippen molar-refractivity contribution in [3.05, 3.63) is 11.1 Å². The van der Waals surface area contributed by atoms with Crippen LogP contribution in [0.2, 0.25) is 0 Å². The van der Waals surface area contributed by atoms with E-state index in [1.54, 1.807) is 0 Å². The summed E-state index contributed by atoms with van der Waals surface area (Å²) in [6.07, 6.45) is 2.64. The van der Waals surface area contributed by atoms with E-state index in [2.05, 4.69) is 0 Å². The molecule has 0 aliphatic carbocycles. The Labute approximate surface area is 71.1 Å². The predicted molar refractivity (Wildman–Crippen MR) is 47.1 cm³/mol. The fourth-order valence-corrected chi connectivity index (χ4v) is 1.13. The molecule has 4 heteroatoms. The molecule has 0 aromatic carbocycles. The van der Waals surface area contributed by atoms with E-state index >= 15 is 0 Å². The highest BCUT2D eigenvalue weighted by Gasteiger charge is 2.00. The van der Waals surface area contributed by atoms with E-state index < -0.39 is 0 Å². The predicted octanol–water partition coefficient (Wildman–Crippen LogP) is 0.661. The minimum atomic E-state index is -0.00169. The van der Waals surface area contributed by atoms with E-state index in [4.69, 9.17) is 5.11 Å². The van der Waals surface area contributed by atoms with Gasteiger partial charge in [0.1, 0.15) is 0 Å². The first kappa shape index (κ1) is 10.5. The molecule has 0 aliphatic heterocycles. The van der Waals surface area contributed by atoms with E-state index in [-0.39, 0.29) is 6.61 Å². The maximum Gasteiger partial charge on any atom is 0.213 e. The van der Waals surface area contributed by atoms with Crippen molar-refractivity contribution < 1.29 is 9.90 Å². The third-order valence-corrected chi connectivity index (χ3v) is 1.79. The number of aliphatic hydroxyl groups excluding tert-OH is 1. The Morgan fingerprint density at radius 3 is 2.73 bits per heavy atom. The zero-order chi connectivity index (χ0) is 8.69. The fraction of sp³-hybridized carbons (Fsp3) is 0.571. The molecule has 0 saturated carbocycles. The molecule has 0 fully saturated rings. The minimum Gasteiger partial charge on any atom is -0.395 e. The molecule has 0 aliphatic rings. The Hall–Kier alpha value is -0.480. The first-order chi connectivity index (χ1) is 5.26. The summed E-state index contributed by atoms with van der Waals surface area (Å²) in [6.45, 7) is 2.20. The molecule has 1 N–H and O–H groups in total. The highest BCUT2D eigenvalue weighted by molar-refractivity contribution is 8.01. The van der Waals surface area contributed by atoms with Crippen LogP contribution in [0.25, 0.3) is 0 Å². The molecule has 0 bridgehead atoms. The summed E-state index contributed by atoms with van der Waals surface area (Å²) in [6, 6.07) is 0. The van der Waals surface area contributed by atoms with Crippen molar-refractivity contribution in [1.82, 2.24) is 4.90 Å². The van der Waals surface area contributed by atoms with Crippen LogP contribution in [0.3, 0.4) is 0 Å². The van der Waals surface area contributed by atoms with Gasteiger partial charge in [-0.1, -0.05) is 0 Å². The largest absolute Gasteiger partial charge is 0.395 e. The average molecular weight is 175 g/mol. The Bertz CT molecular complexity index is 147. The van der Waals surface area contributed by atoms with Crippen molar-refractivity contribution in [1.29, 1.82) is 0 Å². The Kier molecular flexibility index (Phi) is 5.97. The third kappa shape index (κ3) is 4.06. The molecule has 1 amide bonds. The molecule has 0 saturated heterocycles. The Morgan fingerprint density at radius 1 is 1.73 bits per heavy atom. The lowest BCUT2D eigenvalue weighted by atomic mass is 10.4. The molecule has 0 atom stereocenters. The van der Waals surface area contributed by atoms with Crippen LogP contribution in [0.5, 0.6) is 0 Å². The molecule has 11 heavy (non-hydrogen) atoms. The van der Waals surface area contributed by atoms with Crippen LogP contribution in [0.4, 0.5) is 0 Å². The summed E-state index contributed by atoms with van der Waals surface area (Å²) in [5, 5.41) is 10.4. The maximum absolute atomic E-state index is 10.4. The number of aliphatic hydroxyl groups is 1. The molecular formula is C7H13NO2S. The lowest BCUT2D eigenvalue weighted by Gasteiger charge is -2.15. The van der Waals surface area contributed by atoms with Gasteiger partial charge in [-0.15, -0.1) is 11.8 Å². The van der Waals surface area contributed by atoms with Gasteiger partial charge in [0.05, 0.1) is 6.61 Å². The number of carbonyl (C=O) groups is 1. The number of carbonyl (C=O) groups excluding carboxylic acids is 1. The van der Waals surface area contributed by atoms with Gasteiger partial charge >= 0.3 is 0 Å². The van der Waals surface area contributed by atoms with Gasteiger partial charge in [0.15, 0.2) is 0 Å². The molecular weight excluding hydrogens is 162 g/mol. The average Bonchev–Trinajstić information content (AvgIpc) is 2.00. The van der Waals surface area contributed by atoms with Crippen molar-refractivity contribution in [2.45, 2.75) is 6.92 Å². The van der Waals surface area contributed by atoms with Gasteiger partial charge in [-0.3, -0.25) is 4.79 Å². The number of nitrogens with zero attached hydrogens (tertiary/aromatic N) is 1.